The number of nitrogens with two attached hydrogens (primary N) is 1. The standard InChI is InChI=1S/C12H24N2O/c1-3-9-14(10-8-13)11(15)12(2)6-4-5-7-12/h3-10,13H2,1-2H3. The van der Waals surface area contributed by atoms with Crippen LogP contribution in [0.2, 0.25) is 0 Å². The van der Waals surface area contributed by atoms with E-state index in [9.17, 15) is 4.79 Å². The van der Waals surface area contributed by atoms with Gasteiger partial charge in [0.1, 0.15) is 0 Å². The first kappa shape index (κ1) is 12.5. The van der Waals surface area contributed by atoms with Gasteiger partial charge in [-0.2, -0.15) is 0 Å². The Morgan fingerprint density at radius 3 is 2.40 bits per heavy atom. The van der Waals surface area contributed by atoms with Crippen molar-refractivity contribution < 1.29 is 4.79 Å². The summed E-state index contributed by atoms with van der Waals surface area (Å²) >= 11 is 0. The van der Waals surface area contributed by atoms with Crippen molar-refractivity contribution in [3.05, 3.63) is 0 Å². The third-order valence-corrected chi connectivity index (χ3v) is 3.40. The summed E-state index contributed by atoms with van der Waals surface area (Å²) in [6.45, 7) is 6.35. The van der Waals surface area contributed by atoms with E-state index in [4.69, 9.17) is 5.73 Å². The van der Waals surface area contributed by atoms with Crippen LogP contribution in [0.5, 0.6) is 0 Å². The Morgan fingerprint density at radius 2 is 1.93 bits per heavy atom. The van der Waals surface area contributed by atoms with Crippen molar-refractivity contribution in [1.82, 2.24) is 4.90 Å². The second-order valence-electron chi connectivity index (χ2n) is 4.85. The number of nitrogens with zero attached hydrogens (tertiary/aromatic N) is 1. The summed E-state index contributed by atoms with van der Waals surface area (Å²) in [5, 5.41) is 0. The van der Waals surface area contributed by atoms with Gasteiger partial charge in [0, 0.05) is 25.0 Å². The van der Waals surface area contributed by atoms with Gasteiger partial charge in [-0.3, -0.25) is 4.79 Å². The molecule has 15 heavy (non-hydrogen) atoms. The van der Waals surface area contributed by atoms with Crippen molar-refractivity contribution in [2.75, 3.05) is 19.6 Å². The van der Waals surface area contributed by atoms with Crippen LogP contribution in [0.25, 0.3) is 0 Å². The number of rotatable bonds is 5. The van der Waals surface area contributed by atoms with Gasteiger partial charge in [-0.05, 0) is 19.3 Å². The molecule has 3 heteroatoms. The SMILES string of the molecule is CCCN(CCN)C(=O)C1(C)CCCC1. The van der Waals surface area contributed by atoms with Crippen molar-refractivity contribution in [2.45, 2.75) is 46.0 Å². The molecule has 88 valence electrons. The molecule has 1 saturated carbocycles. The highest BCUT2D eigenvalue weighted by atomic mass is 16.2. The fourth-order valence-corrected chi connectivity index (χ4v) is 2.49. The van der Waals surface area contributed by atoms with Crippen LogP contribution >= 0.6 is 0 Å². The Morgan fingerprint density at radius 1 is 1.33 bits per heavy atom. The van der Waals surface area contributed by atoms with Crippen LogP contribution in [0, 0.1) is 5.41 Å². The third kappa shape index (κ3) is 2.94. The van der Waals surface area contributed by atoms with Gasteiger partial charge in [-0.1, -0.05) is 26.7 Å². The van der Waals surface area contributed by atoms with Crippen molar-refractivity contribution in [1.29, 1.82) is 0 Å². The average Bonchev–Trinajstić information content (AvgIpc) is 2.65. The van der Waals surface area contributed by atoms with Crippen LogP contribution in [0.15, 0.2) is 0 Å². The highest BCUT2D eigenvalue weighted by Gasteiger charge is 2.38. The summed E-state index contributed by atoms with van der Waals surface area (Å²) in [6, 6.07) is 0. The van der Waals surface area contributed by atoms with Crippen molar-refractivity contribution in [2.24, 2.45) is 11.1 Å². The molecule has 1 aliphatic rings. The van der Waals surface area contributed by atoms with Gasteiger partial charge in [0.25, 0.3) is 0 Å². The Labute approximate surface area is 93.0 Å². The maximum atomic E-state index is 12.3. The van der Waals surface area contributed by atoms with Gasteiger partial charge in [-0.15, -0.1) is 0 Å². The second kappa shape index (κ2) is 5.50. The molecule has 0 saturated heterocycles. The van der Waals surface area contributed by atoms with E-state index in [1.54, 1.807) is 0 Å². The maximum absolute atomic E-state index is 12.3. The Hall–Kier alpha value is -0.570. The Bertz CT molecular complexity index is 204. The summed E-state index contributed by atoms with van der Waals surface area (Å²) in [5.74, 6) is 0.326. The predicted octanol–water partition coefficient (Wildman–Crippen LogP) is 1.76. The largest absolute Gasteiger partial charge is 0.341 e. The molecule has 0 atom stereocenters. The number of hydrogen-bond donors (Lipinski definition) is 1. The van der Waals surface area contributed by atoms with Crippen LogP contribution in [0.1, 0.15) is 46.0 Å². The molecule has 0 heterocycles. The molecule has 1 fully saturated rings. The first-order valence-corrected chi connectivity index (χ1v) is 6.13. The molecule has 0 spiro atoms. The topological polar surface area (TPSA) is 46.3 Å². The molecule has 1 amide bonds. The minimum atomic E-state index is -0.0929. The monoisotopic (exact) mass is 212 g/mol. The highest BCUT2D eigenvalue weighted by Crippen LogP contribution is 2.39. The molecule has 0 aromatic carbocycles. The van der Waals surface area contributed by atoms with E-state index in [-0.39, 0.29) is 5.41 Å². The first-order valence-electron chi connectivity index (χ1n) is 6.13. The molecule has 1 rings (SSSR count). The van der Waals surface area contributed by atoms with E-state index in [2.05, 4.69) is 13.8 Å². The van der Waals surface area contributed by atoms with E-state index >= 15 is 0 Å². The fraction of sp³-hybridized carbons (Fsp3) is 0.917. The number of carbonyl (C=O) groups excluding carboxylic acids is 1. The molecule has 0 unspecified atom stereocenters. The van der Waals surface area contributed by atoms with Gasteiger partial charge < -0.3 is 10.6 Å². The molecule has 2 N–H and O–H groups in total. The normalized spacial score (nSPS) is 19.1. The molecule has 0 aromatic heterocycles. The van der Waals surface area contributed by atoms with E-state index in [1.165, 1.54) is 12.8 Å². The van der Waals surface area contributed by atoms with Gasteiger partial charge in [0.15, 0.2) is 0 Å². The molecule has 0 bridgehead atoms. The van der Waals surface area contributed by atoms with Crippen LogP contribution in [0.4, 0.5) is 0 Å². The molecular weight excluding hydrogens is 188 g/mol. The molecular formula is C12H24N2O. The average molecular weight is 212 g/mol. The van der Waals surface area contributed by atoms with Crippen LogP contribution in [0.3, 0.4) is 0 Å². The molecule has 0 aliphatic heterocycles. The Balaban J connectivity index is 2.61. The van der Waals surface area contributed by atoms with Gasteiger partial charge in [0.05, 0.1) is 0 Å². The van der Waals surface area contributed by atoms with Crippen LogP contribution in [-0.2, 0) is 4.79 Å². The van der Waals surface area contributed by atoms with Crippen LogP contribution in [-0.4, -0.2) is 30.4 Å². The minimum absolute atomic E-state index is 0.0929. The number of amides is 1. The smallest absolute Gasteiger partial charge is 0.228 e. The second-order valence-corrected chi connectivity index (χ2v) is 4.85. The number of hydrogen-bond acceptors (Lipinski definition) is 2. The van der Waals surface area contributed by atoms with Gasteiger partial charge in [-0.25, -0.2) is 0 Å². The van der Waals surface area contributed by atoms with E-state index in [0.29, 0.717) is 19.0 Å². The molecule has 1 aliphatic carbocycles. The quantitative estimate of drug-likeness (QED) is 0.755. The zero-order chi connectivity index (χ0) is 11.3. The lowest BCUT2D eigenvalue weighted by Gasteiger charge is -2.31. The maximum Gasteiger partial charge on any atom is 0.228 e. The third-order valence-electron chi connectivity index (χ3n) is 3.40. The van der Waals surface area contributed by atoms with Crippen molar-refractivity contribution in [3.63, 3.8) is 0 Å². The van der Waals surface area contributed by atoms with E-state index < -0.39 is 0 Å². The van der Waals surface area contributed by atoms with E-state index in [1.807, 2.05) is 4.90 Å². The van der Waals surface area contributed by atoms with Crippen molar-refractivity contribution >= 4 is 5.91 Å². The molecule has 3 nitrogen and oxygen atoms in total. The van der Waals surface area contributed by atoms with Crippen molar-refractivity contribution in [3.8, 4) is 0 Å². The summed E-state index contributed by atoms with van der Waals surface area (Å²) < 4.78 is 0. The zero-order valence-electron chi connectivity index (χ0n) is 10.1. The first-order chi connectivity index (χ1) is 7.14. The minimum Gasteiger partial charge on any atom is -0.341 e. The van der Waals surface area contributed by atoms with Gasteiger partial charge in [0.2, 0.25) is 5.91 Å². The van der Waals surface area contributed by atoms with E-state index in [0.717, 1.165) is 25.8 Å². The lowest BCUT2D eigenvalue weighted by atomic mass is 9.87. The van der Waals surface area contributed by atoms with Gasteiger partial charge >= 0.3 is 0 Å². The molecule has 0 aromatic rings. The van der Waals surface area contributed by atoms with Crippen LogP contribution < -0.4 is 5.73 Å². The highest BCUT2D eigenvalue weighted by molar-refractivity contribution is 5.82. The zero-order valence-corrected chi connectivity index (χ0v) is 10.1. The lowest BCUT2D eigenvalue weighted by molar-refractivity contribution is -0.140. The number of carbonyl (C=O) groups is 1. The summed E-state index contributed by atoms with van der Waals surface area (Å²) in [4.78, 5) is 14.3. The lowest BCUT2D eigenvalue weighted by Crippen LogP contribution is -2.43. The predicted molar refractivity (Wildman–Crippen MR) is 62.5 cm³/mol. The summed E-state index contributed by atoms with van der Waals surface area (Å²) in [5.41, 5.74) is 5.45. The Kier molecular flexibility index (Phi) is 4.58. The molecule has 0 radical (unpaired) electrons. The fourth-order valence-electron chi connectivity index (χ4n) is 2.49. The summed E-state index contributed by atoms with van der Waals surface area (Å²) in [6.07, 6.45) is 5.52. The summed E-state index contributed by atoms with van der Waals surface area (Å²) in [7, 11) is 0.